The second-order valence-electron chi connectivity index (χ2n) is 5.71. The topological polar surface area (TPSA) is 41.6 Å². The van der Waals surface area contributed by atoms with E-state index >= 15 is 0 Å². The molecule has 0 radical (unpaired) electrons. The van der Waals surface area contributed by atoms with E-state index in [-0.39, 0.29) is 0 Å². The van der Waals surface area contributed by atoms with Crippen LogP contribution in [0.5, 0.6) is 0 Å². The standard InChI is InChI=1S/C13H25N3/c1-10(2)9-16-12(8-15-13(16)14)11-6-4-3-5-7-11/h10-12H,3-9H2,1-2H3,(H2,14,15). The van der Waals surface area contributed by atoms with Gasteiger partial charge in [-0.1, -0.05) is 33.1 Å². The van der Waals surface area contributed by atoms with Gasteiger partial charge in [-0.3, -0.25) is 4.99 Å². The Kier molecular flexibility index (Phi) is 3.72. The van der Waals surface area contributed by atoms with Gasteiger partial charge in [-0.25, -0.2) is 0 Å². The van der Waals surface area contributed by atoms with Crippen LogP contribution in [0.15, 0.2) is 4.99 Å². The molecule has 1 aliphatic heterocycles. The summed E-state index contributed by atoms with van der Waals surface area (Å²) in [5, 5.41) is 0. The van der Waals surface area contributed by atoms with Crippen molar-refractivity contribution in [2.75, 3.05) is 13.1 Å². The fourth-order valence-electron chi connectivity index (χ4n) is 3.09. The molecule has 2 aliphatic rings. The summed E-state index contributed by atoms with van der Waals surface area (Å²) in [4.78, 5) is 6.81. The van der Waals surface area contributed by atoms with Crippen LogP contribution in [0.2, 0.25) is 0 Å². The number of guanidine groups is 1. The Morgan fingerprint density at radius 3 is 2.62 bits per heavy atom. The van der Waals surface area contributed by atoms with Crippen LogP contribution < -0.4 is 5.73 Å². The minimum atomic E-state index is 0.600. The maximum atomic E-state index is 6.00. The minimum Gasteiger partial charge on any atom is -0.370 e. The molecule has 1 aliphatic carbocycles. The predicted octanol–water partition coefficient (Wildman–Crippen LogP) is 2.22. The van der Waals surface area contributed by atoms with Crippen LogP contribution in [0.3, 0.4) is 0 Å². The highest BCUT2D eigenvalue weighted by atomic mass is 15.3. The van der Waals surface area contributed by atoms with Crippen LogP contribution in [0.1, 0.15) is 46.0 Å². The summed E-state index contributed by atoms with van der Waals surface area (Å²) in [7, 11) is 0. The summed E-state index contributed by atoms with van der Waals surface area (Å²) in [5.74, 6) is 2.28. The highest BCUT2D eigenvalue weighted by molar-refractivity contribution is 5.80. The predicted molar refractivity (Wildman–Crippen MR) is 68.4 cm³/mol. The molecule has 0 amide bonds. The highest BCUT2D eigenvalue weighted by Gasteiger charge is 2.33. The second kappa shape index (κ2) is 5.07. The lowest BCUT2D eigenvalue weighted by atomic mass is 9.83. The molecule has 3 heteroatoms. The first kappa shape index (κ1) is 11.7. The van der Waals surface area contributed by atoms with Crippen molar-refractivity contribution in [3.63, 3.8) is 0 Å². The first-order valence-electron chi connectivity index (χ1n) is 6.75. The first-order valence-corrected chi connectivity index (χ1v) is 6.75. The fraction of sp³-hybridized carbons (Fsp3) is 0.923. The fourth-order valence-corrected chi connectivity index (χ4v) is 3.09. The molecule has 2 N–H and O–H groups in total. The zero-order chi connectivity index (χ0) is 11.5. The molecule has 0 spiro atoms. The highest BCUT2D eigenvalue weighted by Crippen LogP contribution is 2.31. The van der Waals surface area contributed by atoms with Crippen molar-refractivity contribution in [1.29, 1.82) is 0 Å². The van der Waals surface area contributed by atoms with Gasteiger partial charge in [0.25, 0.3) is 0 Å². The van der Waals surface area contributed by atoms with Gasteiger partial charge in [-0.15, -0.1) is 0 Å². The van der Waals surface area contributed by atoms with Gasteiger partial charge in [0.05, 0.1) is 12.6 Å². The lowest BCUT2D eigenvalue weighted by molar-refractivity contribution is 0.190. The average Bonchev–Trinajstić information content (AvgIpc) is 2.61. The Morgan fingerprint density at radius 1 is 1.31 bits per heavy atom. The molecule has 0 aromatic rings. The molecule has 92 valence electrons. The van der Waals surface area contributed by atoms with Crippen LogP contribution in [-0.2, 0) is 0 Å². The van der Waals surface area contributed by atoms with Gasteiger partial charge in [-0.05, 0) is 24.7 Å². The van der Waals surface area contributed by atoms with Crippen LogP contribution in [-0.4, -0.2) is 30.0 Å². The summed E-state index contributed by atoms with van der Waals surface area (Å²) in [5.41, 5.74) is 6.00. The molecule has 2 rings (SSSR count). The Morgan fingerprint density at radius 2 is 2.00 bits per heavy atom. The van der Waals surface area contributed by atoms with E-state index in [1.54, 1.807) is 0 Å². The van der Waals surface area contributed by atoms with Crippen molar-refractivity contribution in [1.82, 2.24) is 4.90 Å². The van der Waals surface area contributed by atoms with Crippen molar-refractivity contribution >= 4 is 5.96 Å². The molecule has 16 heavy (non-hydrogen) atoms. The van der Waals surface area contributed by atoms with Crippen LogP contribution >= 0.6 is 0 Å². The van der Waals surface area contributed by atoms with E-state index < -0.39 is 0 Å². The lowest BCUT2D eigenvalue weighted by Gasteiger charge is -2.35. The quantitative estimate of drug-likeness (QED) is 0.797. The largest absolute Gasteiger partial charge is 0.370 e. The van der Waals surface area contributed by atoms with Gasteiger partial charge in [-0.2, -0.15) is 0 Å². The van der Waals surface area contributed by atoms with Crippen molar-refractivity contribution in [2.24, 2.45) is 22.6 Å². The molecule has 1 saturated carbocycles. The van der Waals surface area contributed by atoms with E-state index in [2.05, 4.69) is 23.7 Å². The number of nitrogens with two attached hydrogens (primary N) is 1. The van der Waals surface area contributed by atoms with Gasteiger partial charge in [0.1, 0.15) is 0 Å². The molecule has 0 aromatic heterocycles. The van der Waals surface area contributed by atoms with Gasteiger partial charge < -0.3 is 10.6 Å². The molecule has 0 aromatic carbocycles. The number of nitrogens with zero attached hydrogens (tertiary/aromatic N) is 2. The number of hydrogen-bond donors (Lipinski definition) is 1. The Hall–Kier alpha value is -0.730. The SMILES string of the molecule is CC(C)CN1C(N)=NCC1C1CCCCC1. The minimum absolute atomic E-state index is 0.600. The van der Waals surface area contributed by atoms with Gasteiger partial charge in [0.2, 0.25) is 0 Å². The summed E-state index contributed by atoms with van der Waals surface area (Å²) in [6.07, 6.45) is 6.97. The molecule has 1 unspecified atom stereocenters. The normalized spacial score (nSPS) is 27.6. The van der Waals surface area contributed by atoms with Gasteiger partial charge >= 0.3 is 0 Å². The summed E-state index contributed by atoms with van der Waals surface area (Å²) < 4.78 is 0. The van der Waals surface area contributed by atoms with Gasteiger partial charge in [0.15, 0.2) is 5.96 Å². The maximum Gasteiger partial charge on any atom is 0.191 e. The van der Waals surface area contributed by atoms with E-state index in [4.69, 9.17) is 5.73 Å². The molecular formula is C13H25N3. The molecule has 0 saturated heterocycles. The molecular weight excluding hydrogens is 198 g/mol. The summed E-state index contributed by atoms with van der Waals surface area (Å²) >= 11 is 0. The Bertz CT molecular complexity index is 254. The average molecular weight is 223 g/mol. The van der Waals surface area contributed by atoms with Crippen LogP contribution in [0.4, 0.5) is 0 Å². The van der Waals surface area contributed by atoms with Crippen molar-refractivity contribution in [3.05, 3.63) is 0 Å². The van der Waals surface area contributed by atoms with E-state index in [9.17, 15) is 0 Å². The zero-order valence-electron chi connectivity index (χ0n) is 10.7. The van der Waals surface area contributed by atoms with Crippen molar-refractivity contribution in [3.8, 4) is 0 Å². The Labute approximate surface area is 99.1 Å². The molecule has 3 nitrogen and oxygen atoms in total. The summed E-state index contributed by atoms with van der Waals surface area (Å²) in [6.45, 7) is 6.51. The lowest BCUT2D eigenvalue weighted by Crippen LogP contribution is -2.46. The third kappa shape index (κ3) is 2.50. The van der Waals surface area contributed by atoms with Crippen molar-refractivity contribution < 1.29 is 0 Å². The van der Waals surface area contributed by atoms with Crippen LogP contribution in [0.25, 0.3) is 0 Å². The first-order chi connectivity index (χ1) is 7.68. The molecule has 1 fully saturated rings. The zero-order valence-corrected chi connectivity index (χ0v) is 10.7. The Balaban J connectivity index is 1.97. The molecule has 1 atom stereocenters. The van der Waals surface area contributed by atoms with E-state index in [1.807, 2.05) is 0 Å². The van der Waals surface area contributed by atoms with E-state index in [0.29, 0.717) is 12.0 Å². The number of aliphatic imine (C=N–C) groups is 1. The molecule has 1 heterocycles. The summed E-state index contributed by atoms with van der Waals surface area (Å²) in [6, 6.07) is 0.600. The molecule has 0 bridgehead atoms. The van der Waals surface area contributed by atoms with Gasteiger partial charge in [0, 0.05) is 6.54 Å². The van der Waals surface area contributed by atoms with Crippen LogP contribution in [0, 0.1) is 11.8 Å². The number of rotatable bonds is 3. The third-order valence-electron chi connectivity index (χ3n) is 3.89. The third-order valence-corrected chi connectivity index (χ3v) is 3.89. The van der Waals surface area contributed by atoms with Crippen molar-refractivity contribution in [2.45, 2.75) is 52.0 Å². The maximum absolute atomic E-state index is 6.00. The number of hydrogen-bond acceptors (Lipinski definition) is 3. The van der Waals surface area contributed by atoms with E-state index in [0.717, 1.165) is 25.0 Å². The van der Waals surface area contributed by atoms with E-state index in [1.165, 1.54) is 32.1 Å². The second-order valence-corrected chi connectivity index (χ2v) is 5.71. The monoisotopic (exact) mass is 223 g/mol. The smallest absolute Gasteiger partial charge is 0.191 e.